The first-order valence-electron chi connectivity index (χ1n) is 7.03. The number of carbonyl (C=O) groups excluding carboxylic acids is 1. The van der Waals surface area contributed by atoms with Crippen molar-refractivity contribution in [3.8, 4) is 5.75 Å². The minimum Gasteiger partial charge on any atom is -0.483 e. The average molecular weight is 341 g/mol. The Morgan fingerprint density at radius 3 is 2.75 bits per heavy atom. The molecule has 1 amide bonds. The van der Waals surface area contributed by atoms with Gasteiger partial charge in [-0.1, -0.05) is 15.9 Å². The molecule has 2 rings (SSSR count). The molecule has 5 heteroatoms. The monoisotopic (exact) mass is 340 g/mol. The van der Waals surface area contributed by atoms with Gasteiger partial charge >= 0.3 is 0 Å². The normalized spacial score (nSPS) is 16.9. The molecule has 2 N–H and O–H groups in total. The molecule has 110 valence electrons. The topological polar surface area (TPSA) is 55.6 Å². The SMILES string of the molecule is CC(N)c1cc(Br)ccc1OCC(=O)N1CCCCC1. The summed E-state index contributed by atoms with van der Waals surface area (Å²) < 4.78 is 6.63. The fourth-order valence-electron chi connectivity index (χ4n) is 2.38. The predicted molar refractivity (Wildman–Crippen MR) is 82.7 cm³/mol. The number of hydrogen-bond acceptors (Lipinski definition) is 3. The fraction of sp³-hybridized carbons (Fsp3) is 0.533. The number of ether oxygens (including phenoxy) is 1. The molecule has 1 heterocycles. The molecule has 20 heavy (non-hydrogen) atoms. The van der Waals surface area contributed by atoms with Crippen LogP contribution in [0.3, 0.4) is 0 Å². The lowest BCUT2D eigenvalue weighted by molar-refractivity contribution is -0.134. The van der Waals surface area contributed by atoms with Crippen molar-refractivity contribution in [3.05, 3.63) is 28.2 Å². The Bertz CT molecular complexity index is 471. The molecule has 1 aliphatic rings. The van der Waals surface area contributed by atoms with Gasteiger partial charge < -0.3 is 15.4 Å². The van der Waals surface area contributed by atoms with Gasteiger partial charge in [-0.2, -0.15) is 0 Å². The van der Waals surface area contributed by atoms with Crippen LogP contribution < -0.4 is 10.5 Å². The van der Waals surface area contributed by atoms with Gasteiger partial charge in [0.25, 0.3) is 5.91 Å². The van der Waals surface area contributed by atoms with Gasteiger partial charge in [0, 0.05) is 29.2 Å². The number of amides is 1. The zero-order valence-electron chi connectivity index (χ0n) is 11.8. The number of benzene rings is 1. The van der Waals surface area contributed by atoms with Gasteiger partial charge in [0.05, 0.1) is 0 Å². The molecular formula is C15H21BrN2O2. The molecule has 1 unspecified atom stereocenters. The second kappa shape index (κ2) is 7.09. The molecule has 0 aliphatic carbocycles. The van der Waals surface area contributed by atoms with Crippen LogP contribution in [0.2, 0.25) is 0 Å². The number of carbonyl (C=O) groups is 1. The lowest BCUT2D eigenvalue weighted by Gasteiger charge is -2.26. The Labute approximate surface area is 128 Å². The van der Waals surface area contributed by atoms with Crippen LogP contribution in [-0.2, 0) is 4.79 Å². The molecule has 1 fully saturated rings. The van der Waals surface area contributed by atoms with Crippen molar-refractivity contribution in [2.24, 2.45) is 5.73 Å². The van der Waals surface area contributed by atoms with Gasteiger partial charge in [-0.3, -0.25) is 4.79 Å². The molecule has 0 spiro atoms. The highest BCUT2D eigenvalue weighted by Gasteiger charge is 2.17. The van der Waals surface area contributed by atoms with E-state index in [0.717, 1.165) is 36.0 Å². The van der Waals surface area contributed by atoms with Crippen LogP contribution in [0.1, 0.15) is 37.8 Å². The van der Waals surface area contributed by atoms with Crippen molar-refractivity contribution < 1.29 is 9.53 Å². The van der Waals surface area contributed by atoms with Crippen LogP contribution in [0, 0.1) is 0 Å². The molecule has 1 atom stereocenters. The molecule has 0 aromatic heterocycles. The largest absolute Gasteiger partial charge is 0.483 e. The van der Waals surface area contributed by atoms with Crippen LogP contribution in [0.5, 0.6) is 5.75 Å². The zero-order valence-corrected chi connectivity index (χ0v) is 13.4. The summed E-state index contributed by atoms with van der Waals surface area (Å²) in [6.45, 7) is 3.69. The fourth-order valence-corrected chi connectivity index (χ4v) is 2.76. The van der Waals surface area contributed by atoms with E-state index in [9.17, 15) is 4.79 Å². The van der Waals surface area contributed by atoms with Gasteiger partial charge in [-0.25, -0.2) is 0 Å². The van der Waals surface area contributed by atoms with E-state index in [-0.39, 0.29) is 18.6 Å². The summed E-state index contributed by atoms with van der Waals surface area (Å²) in [6, 6.07) is 5.55. The number of hydrogen-bond donors (Lipinski definition) is 1. The van der Waals surface area contributed by atoms with Gasteiger partial charge in [0.15, 0.2) is 6.61 Å². The number of piperidine rings is 1. The molecule has 1 saturated heterocycles. The van der Waals surface area contributed by atoms with Crippen LogP contribution >= 0.6 is 15.9 Å². The summed E-state index contributed by atoms with van der Waals surface area (Å²) in [4.78, 5) is 14.0. The third kappa shape index (κ3) is 3.96. The first kappa shape index (κ1) is 15.3. The molecule has 1 aromatic carbocycles. The van der Waals surface area contributed by atoms with E-state index in [2.05, 4.69) is 15.9 Å². The minimum absolute atomic E-state index is 0.0586. The lowest BCUT2D eigenvalue weighted by atomic mass is 10.1. The van der Waals surface area contributed by atoms with Gasteiger partial charge in [-0.15, -0.1) is 0 Å². The maximum Gasteiger partial charge on any atom is 0.260 e. The minimum atomic E-state index is -0.132. The predicted octanol–water partition coefficient (Wildman–Crippen LogP) is 2.86. The van der Waals surface area contributed by atoms with E-state index in [1.165, 1.54) is 6.42 Å². The standard InChI is InChI=1S/C15H21BrN2O2/c1-11(17)13-9-12(16)5-6-14(13)20-10-15(19)18-7-3-2-4-8-18/h5-6,9,11H,2-4,7-8,10,17H2,1H3. The first-order valence-corrected chi connectivity index (χ1v) is 7.83. The zero-order chi connectivity index (χ0) is 14.5. The molecule has 0 saturated carbocycles. The van der Waals surface area contributed by atoms with E-state index in [4.69, 9.17) is 10.5 Å². The van der Waals surface area contributed by atoms with Gasteiger partial charge in [0.1, 0.15) is 5.75 Å². The Morgan fingerprint density at radius 2 is 2.10 bits per heavy atom. The second-order valence-corrected chi connectivity index (χ2v) is 6.12. The number of rotatable bonds is 4. The van der Waals surface area contributed by atoms with Crippen LogP contribution in [-0.4, -0.2) is 30.5 Å². The maximum absolute atomic E-state index is 12.1. The molecule has 1 aromatic rings. The van der Waals surface area contributed by atoms with E-state index in [0.29, 0.717) is 5.75 Å². The van der Waals surface area contributed by atoms with Crippen molar-refractivity contribution in [3.63, 3.8) is 0 Å². The quantitative estimate of drug-likeness (QED) is 0.916. The summed E-state index contributed by atoms with van der Waals surface area (Å²) >= 11 is 3.42. The Morgan fingerprint density at radius 1 is 1.40 bits per heavy atom. The molecule has 4 nitrogen and oxygen atoms in total. The summed E-state index contributed by atoms with van der Waals surface area (Å²) in [7, 11) is 0. The lowest BCUT2D eigenvalue weighted by Crippen LogP contribution is -2.38. The van der Waals surface area contributed by atoms with Crippen LogP contribution in [0.4, 0.5) is 0 Å². The van der Waals surface area contributed by atoms with Crippen molar-refractivity contribution >= 4 is 21.8 Å². The molecule has 0 bridgehead atoms. The smallest absolute Gasteiger partial charge is 0.260 e. The summed E-state index contributed by atoms with van der Waals surface area (Å²) in [5.41, 5.74) is 6.84. The Kier molecular flexibility index (Phi) is 5.43. The maximum atomic E-state index is 12.1. The van der Waals surface area contributed by atoms with Crippen LogP contribution in [0.15, 0.2) is 22.7 Å². The summed E-state index contributed by atoms with van der Waals surface area (Å²) in [5.74, 6) is 0.747. The highest BCUT2D eigenvalue weighted by Crippen LogP contribution is 2.27. The van der Waals surface area contributed by atoms with E-state index >= 15 is 0 Å². The third-order valence-corrected chi connectivity index (χ3v) is 4.02. The second-order valence-electron chi connectivity index (χ2n) is 5.20. The number of nitrogens with zero attached hydrogens (tertiary/aromatic N) is 1. The van der Waals surface area contributed by atoms with Crippen molar-refractivity contribution in [1.82, 2.24) is 4.90 Å². The van der Waals surface area contributed by atoms with E-state index in [1.807, 2.05) is 30.0 Å². The van der Waals surface area contributed by atoms with Gasteiger partial charge in [0.2, 0.25) is 0 Å². The Hall–Kier alpha value is -1.07. The third-order valence-electron chi connectivity index (χ3n) is 3.52. The molecule has 1 aliphatic heterocycles. The summed E-state index contributed by atoms with van der Waals surface area (Å²) in [6.07, 6.45) is 3.40. The number of nitrogens with two attached hydrogens (primary N) is 1. The van der Waals surface area contributed by atoms with E-state index < -0.39 is 0 Å². The van der Waals surface area contributed by atoms with Crippen molar-refractivity contribution in [2.45, 2.75) is 32.2 Å². The van der Waals surface area contributed by atoms with Crippen LogP contribution in [0.25, 0.3) is 0 Å². The highest BCUT2D eigenvalue weighted by molar-refractivity contribution is 9.10. The molecule has 0 radical (unpaired) electrons. The number of halogens is 1. The van der Waals surface area contributed by atoms with Crippen molar-refractivity contribution in [1.29, 1.82) is 0 Å². The summed E-state index contributed by atoms with van der Waals surface area (Å²) in [5, 5.41) is 0. The average Bonchev–Trinajstić information content (AvgIpc) is 2.46. The van der Waals surface area contributed by atoms with E-state index in [1.54, 1.807) is 0 Å². The van der Waals surface area contributed by atoms with Crippen molar-refractivity contribution in [2.75, 3.05) is 19.7 Å². The highest BCUT2D eigenvalue weighted by atomic mass is 79.9. The first-order chi connectivity index (χ1) is 9.58. The van der Waals surface area contributed by atoms with Gasteiger partial charge in [-0.05, 0) is 44.4 Å². The number of likely N-dealkylation sites (tertiary alicyclic amines) is 1. The molecular weight excluding hydrogens is 320 g/mol. The Balaban J connectivity index is 1.98.